The molecule has 0 aromatic heterocycles. The fourth-order valence-electron chi connectivity index (χ4n) is 2.47. The number of hydrogen-bond acceptors (Lipinski definition) is 3. The van der Waals surface area contributed by atoms with Crippen molar-refractivity contribution >= 4 is 5.97 Å². The molecule has 3 nitrogen and oxygen atoms in total. The van der Waals surface area contributed by atoms with Crippen LogP contribution in [0.3, 0.4) is 0 Å². The number of aliphatic hydroxyl groups excluding tert-OH is 1. The second-order valence-corrected chi connectivity index (χ2v) is 5.25. The van der Waals surface area contributed by atoms with Crippen molar-refractivity contribution in [3.63, 3.8) is 0 Å². The second-order valence-electron chi connectivity index (χ2n) is 5.25. The SMILES string of the molecule is C=C(C)[C@H]1C/C=C(\C)[C@@H](O)CCC2=C[C@@H]1OC2=O. The van der Waals surface area contributed by atoms with Crippen LogP contribution in [0.1, 0.15) is 33.1 Å². The summed E-state index contributed by atoms with van der Waals surface area (Å²) in [6.45, 7) is 7.86. The zero-order chi connectivity index (χ0) is 13.3. The summed E-state index contributed by atoms with van der Waals surface area (Å²) in [6, 6.07) is 0. The fraction of sp³-hybridized carbons (Fsp3) is 0.533. The summed E-state index contributed by atoms with van der Waals surface area (Å²) in [5.74, 6) is -0.135. The molecule has 3 heteroatoms. The number of allylic oxidation sites excluding steroid dienone is 1. The van der Waals surface area contributed by atoms with Gasteiger partial charge >= 0.3 is 5.97 Å². The van der Waals surface area contributed by atoms with Crippen LogP contribution in [-0.4, -0.2) is 23.3 Å². The molecule has 2 rings (SSSR count). The Morgan fingerprint density at radius 1 is 1.56 bits per heavy atom. The molecule has 0 aromatic rings. The zero-order valence-electron chi connectivity index (χ0n) is 11.0. The van der Waals surface area contributed by atoms with Crippen molar-refractivity contribution in [1.29, 1.82) is 0 Å². The van der Waals surface area contributed by atoms with Crippen molar-refractivity contribution in [3.8, 4) is 0 Å². The normalized spacial score (nSPS) is 35.3. The Balaban J connectivity index is 2.29. The average Bonchev–Trinajstić information content (AvgIpc) is 2.66. The summed E-state index contributed by atoms with van der Waals surface area (Å²) in [5.41, 5.74) is 2.67. The van der Waals surface area contributed by atoms with Crippen LogP contribution in [0.15, 0.2) is 35.5 Å². The first-order chi connectivity index (χ1) is 8.49. The molecule has 1 aliphatic carbocycles. The Bertz CT molecular complexity index is 431. The summed E-state index contributed by atoms with van der Waals surface area (Å²) in [5, 5.41) is 9.97. The molecule has 1 heterocycles. The molecule has 0 amide bonds. The highest BCUT2D eigenvalue weighted by Crippen LogP contribution is 2.31. The van der Waals surface area contributed by atoms with Gasteiger partial charge in [-0.1, -0.05) is 18.2 Å². The molecule has 18 heavy (non-hydrogen) atoms. The number of carbonyl (C=O) groups excluding carboxylic acids is 1. The summed E-state index contributed by atoms with van der Waals surface area (Å²) in [6.07, 6.45) is 5.18. The Kier molecular flexibility index (Phi) is 3.71. The van der Waals surface area contributed by atoms with Crippen molar-refractivity contribution < 1.29 is 14.6 Å². The monoisotopic (exact) mass is 248 g/mol. The van der Waals surface area contributed by atoms with Crippen LogP contribution in [0, 0.1) is 5.92 Å². The summed E-state index contributed by atoms with van der Waals surface area (Å²) in [7, 11) is 0. The highest BCUT2D eigenvalue weighted by Gasteiger charge is 2.32. The van der Waals surface area contributed by atoms with E-state index in [9.17, 15) is 9.90 Å². The molecule has 98 valence electrons. The van der Waals surface area contributed by atoms with E-state index in [-0.39, 0.29) is 18.0 Å². The van der Waals surface area contributed by atoms with E-state index >= 15 is 0 Å². The highest BCUT2D eigenvalue weighted by atomic mass is 16.5. The Morgan fingerprint density at radius 2 is 2.28 bits per heavy atom. The molecule has 0 aromatic carbocycles. The lowest BCUT2D eigenvalue weighted by Gasteiger charge is -2.21. The summed E-state index contributed by atoms with van der Waals surface area (Å²) in [4.78, 5) is 11.7. The van der Waals surface area contributed by atoms with Gasteiger partial charge in [0.1, 0.15) is 6.10 Å². The molecule has 2 bridgehead atoms. The third-order valence-electron chi connectivity index (χ3n) is 3.81. The van der Waals surface area contributed by atoms with Gasteiger partial charge in [0, 0.05) is 11.5 Å². The van der Waals surface area contributed by atoms with Gasteiger partial charge in [0.15, 0.2) is 0 Å². The topological polar surface area (TPSA) is 46.5 Å². The van der Waals surface area contributed by atoms with Gasteiger partial charge in [0.2, 0.25) is 0 Å². The maximum Gasteiger partial charge on any atom is 0.334 e. The first-order valence-corrected chi connectivity index (χ1v) is 6.41. The van der Waals surface area contributed by atoms with Gasteiger partial charge in [0.05, 0.1) is 6.10 Å². The number of ether oxygens (including phenoxy) is 1. The van der Waals surface area contributed by atoms with Crippen molar-refractivity contribution in [2.75, 3.05) is 0 Å². The fourth-order valence-corrected chi connectivity index (χ4v) is 2.47. The lowest BCUT2D eigenvalue weighted by Crippen LogP contribution is -2.21. The minimum atomic E-state index is -0.471. The Hall–Kier alpha value is -1.35. The quantitative estimate of drug-likeness (QED) is 0.573. The van der Waals surface area contributed by atoms with E-state index in [1.807, 2.05) is 26.0 Å². The molecular weight excluding hydrogens is 228 g/mol. The summed E-state index contributed by atoms with van der Waals surface area (Å²) >= 11 is 0. The lowest BCUT2D eigenvalue weighted by atomic mass is 9.88. The number of carbonyl (C=O) groups is 1. The highest BCUT2D eigenvalue weighted by molar-refractivity contribution is 5.91. The second kappa shape index (κ2) is 5.11. The molecule has 0 radical (unpaired) electrons. The van der Waals surface area contributed by atoms with E-state index in [4.69, 9.17) is 4.74 Å². The summed E-state index contributed by atoms with van der Waals surface area (Å²) < 4.78 is 5.40. The molecular formula is C15H20O3. The number of rotatable bonds is 1. The first kappa shape index (κ1) is 13.1. The minimum Gasteiger partial charge on any atom is -0.454 e. The number of fused-ring (bicyclic) bond motifs is 1. The largest absolute Gasteiger partial charge is 0.454 e. The van der Waals surface area contributed by atoms with Gasteiger partial charge in [-0.15, -0.1) is 0 Å². The molecule has 2 aliphatic rings. The first-order valence-electron chi connectivity index (χ1n) is 6.41. The molecule has 1 N–H and O–H groups in total. The molecule has 1 aliphatic heterocycles. The molecule has 0 fully saturated rings. The van der Waals surface area contributed by atoms with Gasteiger partial charge in [-0.3, -0.25) is 0 Å². The van der Waals surface area contributed by atoms with Crippen LogP contribution in [0.4, 0.5) is 0 Å². The molecule has 3 atom stereocenters. The lowest BCUT2D eigenvalue weighted by molar-refractivity contribution is -0.141. The smallest absolute Gasteiger partial charge is 0.334 e. The van der Waals surface area contributed by atoms with Crippen LogP contribution in [0.2, 0.25) is 0 Å². The van der Waals surface area contributed by atoms with Crippen molar-refractivity contribution in [2.24, 2.45) is 5.92 Å². The van der Waals surface area contributed by atoms with E-state index in [1.54, 1.807) is 0 Å². The van der Waals surface area contributed by atoms with E-state index < -0.39 is 6.10 Å². The average molecular weight is 248 g/mol. The van der Waals surface area contributed by atoms with Crippen molar-refractivity contribution in [1.82, 2.24) is 0 Å². The zero-order valence-corrected chi connectivity index (χ0v) is 11.0. The number of aliphatic hydroxyl groups is 1. The third kappa shape index (κ3) is 2.56. The van der Waals surface area contributed by atoms with Gasteiger partial charge in [-0.05, 0) is 44.8 Å². The van der Waals surface area contributed by atoms with Crippen LogP contribution in [0.25, 0.3) is 0 Å². The van der Waals surface area contributed by atoms with Crippen LogP contribution in [0.5, 0.6) is 0 Å². The predicted octanol–water partition coefficient (Wildman–Crippen LogP) is 2.52. The van der Waals surface area contributed by atoms with Crippen LogP contribution < -0.4 is 0 Å². The third-order valence-corrected chi connectivity index (χ3v) is 3.81. The van der Waals surface area contributed by atoms with E-state index in [0.29, 0.717) is 18.4 Å². The van der Waals surface area contributed by atoms with E-state index in [2.05, 4.69) is 6.58 Å². The predicted molar refractivity (Wildman–Crippen MR) is 69.9 cm³/mol. The number of esters is 1. The van der Waals surface area contributed by atoms with Gasteiger partial charge in [-0.2, -0.15) is 0 Å². The maximum atomic E-state index is 11.7. The maximum absolute atomic E-state index is 11.7. The minimum absolute atomic E-state index is 0.103. The standard InChI is InChI=1S/C15H20O3/c1-9(2)12-6-4-10(3)13(16)7-5-11-8-14(12)18-15(11)17/h4,8,12-14,16H,1,5-7H2,2-3H3/b10-4+/t12-,13+,14+/m1/s1. The van der Waals surface area contributed by atoms with Gasteiger partial charge in [0.25, 0.3) is 0 Å². The van der Waals surface area contributed by atoms with E-state index in [1.165, 1.54) is 0 Å². The van der Waals surface area contributed by atoms with E-state index in [0.717, 1.165) is 17.6 Å². The molecule has 0 saturated carbocycles. The molecule has 0 saturated heterocycles. The van der Waals surface area contributed by atoms with Crippen LogP contribution in [-0.2, 0) is 9.53 Å². The van der Waals surface area contributed by atoms with Gasteiger partial charge in [-0.25, -0.2) is 4.79 Å². The Labute approximate surface area is 108 Å². The molecule has 0 unspecified atom stereocenters. The van der Waals surface area contributed by atoms with Crippen molar-refractivity contribution in [2.45, 2.75) is 45.3 Å². The number of hydrogen-bond donors (Lipinski definition) is 1. The van der Waals surface area contributed by atoms with Crippen LogP contribution >= 0.6 is 0 Å². The van der Waals surface area contributed by atoms with Crippen molar-refractivity contribution in [3.05, 3.63) is 35.5 Å². The van der Waals surface area contributed by atoms with Gasteiger partial charge < -0.3 is 9.84 Å². The Morgan fingerprint density at radius 3 is 2.94 bits per heavy atom. The molecule has 0 spiro atoms.